The van der Waals surface area contributed by atoms with Gasteiger partial charge < -0.3 is 10.8 Å². The Hall–Kier alpha value is -1.70. The lowest BCUT2D eigenvalue weighted by Crippen LogP contribution is -2.51. The molecule has 6 nitrogen and oxygen atoms in total. The quantitative estimate of drug-likeness (QED) is 0.544. The highest BCUT2D eigenvalue weighted by Gasteiger charge is 2.54. The molecule has 7 heteroatoms. The van der Waals surface area contributed by atoms with Crippen LogP contribution in [0.15, 0.2) is 46.9 Å². The van der Waals surface area contributed by atoms with Crippen molar-refractivity contribution in [1.82, 2.24) is 0 Å². The molecule has 0 aromatic heterocycles. The highest BCUT2D eigenvalue weighted by atomic mass is 32.2. The van der Waals surface area contributed by atoms with E-state index < -0.39 is 16.1 Å². The minimum atomic E-state index is -4.00. The lowest BCUT2D eigenvalue weighted by Gasteiger charge is -2.51. The maximum atomic E-state index is 10.8. The smallest absolute Gasteiger partial charge is 0.303 e. The van der Waals surface area contributed by atoms with E-state index in [-0.39, 0.29) is 16.7 Å². The van der Waals surface area contributed by atoms with E-state index in [1.807, 2.05) is 0 Å². The molecule has 3 unspecified atom stereocenters. The van der Waals surface area contributed by atoms with Crippen LogP contribution < -0.4 is 5.73 Å². The lowest BCUT2D eigenvalue weighted by atomic mass is 9.53. The summed E-state index contributed by atoms with van der Waals surface area (Å²) in [5, 5.41) is 8.91. The molecular formula is C18H25NO5S. The Balaban J connectivity index is 0.000000196. The number of carboxylic acid groups (broad SMARTS) is 1. The lowest BCUT2D eigenvalue weighted by molar-refractivity contribution is -0.144. The summed E-state index contributed by atoms with van der Waals surface area (Å²) < 4.78 is 29.2. The van der Waals surface area contributed by atoms with Crippen molar-refractivity contribution in [3.8, 4) is 0 Å². The zero-order chi connectivity index (χ0) is 18.7. The van der Waals surface area contributed by atoms with Crippen LogP contribution in [0.1, 0.15) is 32.6 Å². The van der Waals surface area contributed by atoms with Crippen molar-refractivity contribution in [2.45, 2.75) is 37.5 Å². The van der Waals surface area contributed by atoms with Crippen LogP contribution in [0.4, 0.5) is 0 Å². The average Bonchev–Trinajstić information content (AvgIpc) is 2.91. The van der Waals surface area contributed by atoms with Crippen molar-refractivity contribution >= 4 is 16.1 Å². The molecule has 2 aliphatic rings. The zero-order valence-corrected chi connectivity index (χ0v) is 15.1. The van der Waals surface area contributed by atoms with E-state index in [1.165, 1.54) is 24.1 Å². The van der Waals surface area contributed by atoms with Crippen LogP contribution >= 0.6 is 0 Å². The Labute approximate surface area is 148 Å². The topological polar surface area (TPSA) is 118 Å². The summed E-state index contributed by atoms with van der Waals surface area (Å²) in [7, 11) is -4.00. The molecule has 1 fully saturated rings. The van der Waals surface area contributed by atoms with Gasteiger partial charge in [0.05, 0.1) is 11.3 Å². The Morgan fingerprint density at radius 3 is 2.40 bits per heavy atom. The maximum absolute atomic E-state index is 10.8. The Bertz CT molecular complexity index is 744. The van der Waals surface area contributed by atoms with E-state index in [0.29, 0.717) is 18.4 Å². The van der Waals surface area contributed by atoms with Crippen LogP contribution in [-0.4, -0.2) is 30.6 Å². The summed E-state index contributed by atoms with van der Waals surface area (Å²) >= 11 is 0. The van der Waals surface area contributed by atoms with Gasteiger partial charge in [-0.15, -0.1) is 0 Å². The predicted molar refractivity (Wildman–Crippen MR) is 94.6 cm³/mol. The second kappa shape index (κ2) is 7.68. The van der Waals surface area contributed by atoms with E-state index in [2.05, 4.69) is 13.0 Å². The number of benzene rings is 1. The van der Waals surface area contributed by atoms with Crippen LogP contribution in [-0.2, 0) is 14.9 Å². The average molecular weight is 367 g/mol. The van der Waals surface area contributed by atoms with Crippen molar-refractivity contribution in [3.63, 3.8) is 0 Å². The summed E-state index contributed by atoms with van der Waals surface area (Å²) in [6, 6.07) is 7.42. The third-order valence-electron chi connectivity index (χ3n) is 5.23. The third kappa shape index (κ3) is 4.48. The van der Waals surface area contributed by atoms with Crippen molar-refractivity contribution in [2.75, 3.05) is 6.54 Å². The fraction of sp³-hybridized carbons (Fsp3) is 0.500. The van der Waals surface area contributed by atoms with Gasteiger partial charge in [-0.3, -0.25) is 9.35 Å². The second-order valence-corrected chi connectivity index (χ2v) is 8.22. The number of hydrogen-bond acceptors (Lipinski definition) is 4. The van der Waals surface area contributed by atoms with Crippen LogP contribution in [0.25, 0.3) is 0 Å². The molecule has 1 aromatic rings. The van der Waals surface area contributed by atoms with E-state index in [9.17, 15) is 13.2 Å². The summed E-state index contributed by atoms with van der Waals surface area (Å²) in [5.74, 6) is 0.411. The molecule has 0 radical (unpaired) electrons. The highest BCUT2D eigenvalue weighted by molar-refractivity contribution is 7.85. The van der Waals surface area contributed by atoms with Gasteiger partial charge in [0.15, 0.2) is 0 Å². The molecule has 3 atom stereocenters. The minimum absolute atomic E-state index is 0.0741. The van der Waals surface area contributed by atoms with Gasteiger partial charge in [0.2, 0.25) is 0 Å². The first-order valence-corrected chi connectivity index (χ1v) is 9.80. The number of allylic oxidation sites excluding steroid dienone is 2. The first-order chi connectivity index (χ1) is 11.7. The molecule has 0 aliphatic heterocycles. The molecule has 0 spiro atoms. The van der Waals surface area contributed by atoms with Gasteiger partial charge in [-0.05, 0) is 55.2 Å². The molecule has 25 heavy (non-hydrogen) atoms. The Kier molecular flexibility index (Phi) is 6.03. The summed E-state index contributed by atoms with van der Waals surface area (Å²) in [5.41, 5.74) is 7.13. The van der Waals surface area contributed by atoms with E-state index in [0.717, 1.165) is 12.8 Å². The number of aliphatic carboxylic acids is 1. The summed E-state index contributed by atoms with van der Waals surface area (Å²) in [6.45, 7) is 2.67. The molecule has 0 saturated heterocycles. The van der Waals surface area contributed by atoms with Crippen molar-refractivity contribution in [3.05, 3.63) is 42.0 Å². The standard InChI is InChI=1S/C12H19NO2.C6H6O3S/c1-2-8-3-9-5-12(7-13,6-11(14)15)10(9)4-8;7-10(8,9)6-4-2-1-3-5-6/h4,9-10H,2-3,5-7,13H2,1H3,(H,14,15);1-5H,(H,7,8,9). The van der Waals surface area contributed by atoms with Gasteiger partial charge in [-0.2, -0.15) is 8.42 Å². The minimum Gasteiger partial charge on any atom is -0.481 e. The van der Waals surface area contributed by atoms with Gasteiger partial charge in [0.25, 0.3) is 10.1 Å². The molecule has 2 aliphatic carbocycles. The fourth-order valence-corrected chi connectivity index (χ4v) is 4.43. The van der Waals surface area contributed by atoms with E-state index in [4.69, 9.17) is 15.4 Å². The molecule has 4 N–H and O–H groups in total. The number of rotatable bonds is 5. The van der Waals surface area contributed by atoms with Crippen molar-refractivity contribution < 1.29 is 22.9 Å². The summed E-state index contributed by atoms with van der Waals surface area (Å²) in [6.07, 6.45) is 5.80. The van der Waals surface area contributed by atoms with E-state index >= 15 is 0 Å². The Morgan fingerprint density at radius 1 is 1.32 bits per heavy atom. The Morgan fingerprint density at radius 2 is 1.96 bits per heavy atom. The number of hydrogen-bond donors (Lipinski definition) is 3. The van der Waals surface area contributed by atoms with Gasteiger partial charge in [-0.25, -0.2) is 0 Å². The van der Waals surface area contributed by atoms with Gasteiger partial charge in [-0.1, -0.05) is 36.8 Å². The second-order valence-electron chi connectivity index (χ2n) is 6.80. The molecule has 1 saturated carbocycles. The molecule has 138 valence electrons. The van der Waals surface area contributed by atoms with E-state index in [1.54, 1.807) is 18.2 Å². The van der Waals surface area contributed by atoms with Crippen molar-refractivity contribution in [1.29, 1.82) is 0 Å². The molecular weight excluding hydrogens is 342 g/mol. The van der Waals surface area contributed by atoms with Crippen molar-refractivity contribution in [2.24, 2.45) is 23.0 Å². The molecule has 0 amide bonds. The normalized spacial score (nSPS) is 27.4. The van der Waals surface area contributed by atoms with Crippen LogP contribution in [0.2, 0.25) is 0 Å². The van der Waals surface area contributed by atoms with Crippen LogP contribution in [0, 0.1) is 17.3 Å². The SMILES string of the molecule is CCC1=CC2C(C1)CC2(CN)CC(=O)O.O=S(=O)(O)c1ccccc1. The number of carboxylic acids is 1. The number of nitrogens with two attached hydrogens (primary N) is 1. The number of carbonyl (C=O) groups is 1. The third-order valence-corrected chi connectivity index (χ3v) is 6.10. The largest absolute Gasteiger partial charge is 0.481 e. The zero-order valence-electron chi connectivity index (χ0n) is 14.3. The number of fused-ring (bicyclic) bond motifs is 1. The monoisotopic (exact) mass is 367 g/mol. The van der Waals surface area contributed by atoms with Gasteiger partial charge >= 0.3 is 5.97 Å². The first kappa shape index (κ1) is 19.6. The molecule has 0 bridgehead atoms. The van der Waals surface area contributed by atoms with Crippen LogP contribution in [0.5, 0.6) is 0 Å². The van der Waals surface area contributed by atoms with Gasteiger partial charge in [0.1, 0.15) is 0 Å². The highest BCUT2D eigenvalue weighted by Crippen LogP contribution is 2.59. The molecule has 1 aromatic carbocycles. The first-order valence-electron chi connectivity index (χ1n) is 8.36. The van der Waals surface area contributed by atoms with Gasteiger partial charge in [0, 0.05) is 0 Å². The molecule has 0 heterocycles. The summed E-state index contributed by atoms with van der Waals surface area (Å²) in [4.78, 5) is 10.8. The van der Waals surface area contributed by atoms with Crippen LogP contribution in [0.3, 0.4) is 0 Å². The maximum Gasteiger partial charge on any atom is 0.303 e. The fourth-order valence-electron chi connectivity index (χ4n) is 3.93. The molecule has 3 rings (SSSR count). The predicted octanol–water partition coefficient (Wildman–Crippen LogP) is 2.72.